The van der Waals surface area contributed by atoms with Crippen molar-refractivity contribution in [3.05, 3.63) is 85.1 Å². The van der Waals surface area contributed by atoms with Crippen LogP contribution in [0.15, 0.2) is 85.1 Å². The highest BCUT2D eigenvalue weighted by Gasteiger charge is 2.26. The largest absolute Gasteiger partial charge is 0.472 e. The molecule has 0 saturated carbocycles. The van der Waals surface area contributed by atoms with Crippen molar-refractivity contribution in [2.45, 2.75) is 251 Å². The zero-order valence-electron chi connectivity index (χ0n) is 44.3. The van der Waals surface area contributed by atoms with E-state index >= 15 is 0 Å². The van der Waals surface area contributed by atoms with Gasteiger partial charge in [-0.2, -0.15) is 0 Å². The van der Waals surface area contributed by atoms with Crippen molar-refractivity contribution in [3.8, 4) is 0 Å². The highest BCUT2D eigenvalue weighted by Crippen LogP contribution is 2.43. The molecule has 0 aromatic heterocycles. The molecule has 0 rings (SSSR count). The van der Waals surface area contributed by atoms with E-state index in [1.807, 2.05) is 0 Å². The summed E-state index contributed by atoms with van der Waals surface area (Å²) in [6.07, 6.45) is 70.5. The summed E-state index contributed by atoms with van der Waals surface area (Å²) in [6, 6.07) is 0. The Labute approximate surface area is 424 Å². The Morgan fingerprint density at radius 1 is 0.449 bits per heavy atom. The van der Waals surface area contributed by atoms with Gasteiger partial charge in [0.1, 0.15) is 6.61 Å². The Morgan fingerprint density at radius 3 is 1.20 bits per heavy atom. The molecule has 2 unspecified atom stereocenters. The quantitative estimate of drug-likeness (QED) is 0.0264. The summed E-state index contributed by atoms with van der Waals surface area (Å²) in [6.45, 7) is 3.63. The topological polar surface area (TPSA) is 134 Å². The SMILES string of the molecule is CC/C=C\C/C=C\C/C=C\C/C=C\C/C=C\C/C=C\CCCCCCCCCCC(=O)OC(COC(=O)CCCCCCCCCCC/C=C\CCCCCCCCCC)COP(=O)(O)OCCN. The third-order valence-electron chi connectivity index (χ3n) is 11.8. The highest BCUT2D eigenvalue weighted by atomic mass is 31.2. The number of phosphoric ester groups is 1. The molecule has 398 valence electrons. The summed E-state index contributed by atoms with van der Waals surface area (Å²) in [5, 5.41) is 0. The lowest BCUT2D eigenvalue weighted by molar-refractivity contribution is -0.161. The van der Waals surface area contributed by atoms with Crippen molar-refractivity contribution in [1.29, 1.82) is 0 Å². The number of carbonyl (C=O) groups is 2. The second kappa shape index (κ2) is 54.5. The maximum absolute atomic E-state index is 12.7. The monoisotopic (exact) mass is 986 g/mol. The Morgan fingerprint density at radius 2 is 0.797 bits per heavy atom. The van der Waals surface area contributed by atoms with Gasteiger partial charge in [-0.05, 0) is 89.9 Å². The van der Waals surface area contributed by atoms with Crippen molar-refractivity contribution < 1.29 is 37.6 Å². The Balaban J connectivity index is 4.04. The van der Waals surface area contributed by atoms with E-state index in [2.05, 4.69) is 98.9 Å². The first-order valence-electron chi connectivity index (χ1n) is 28.1. The molecule has 2 atom stereocenters. The fourth-order valence-electron chi connectivity index (χ4n) is 7.63. The first-order chi connectivity index (χ1) is 33.8. The van der Waals surface area contributed by atoms with Gasteiger partial charge in [-0.25, -0.2) is 4.57 Å². The van der Waals surface area contributed by atoms with Gasteiger partial charge in [-0.3, -0.25) is 18.6 Å². The van der Waals surface area contributed by atoms with Gasteiger partial charge in [0.15, 0.2) is 6.10 Å². The van der Waals surface area contributed by atoms with Crippen LogP contribution in [0.25, 0.3) is 0 Å². The van der Waals surface area contributed by atoms with E-state index < -0.39 is 26.5 Å². The molecule has 0 spiro atoms. The summed E-state index contributed by atoms with van der Waals surface area (Å²) in [7, 11) is -4.39. The molecule has 0 aliphatic carbocycles. The van der Waals surface area contributed by atoms with Crippen molar-refractivity contribution in [2.24, 2.45) is 5.73 Å². The van der Waals surface area contributed by atoms with E-state index in [0.29, 0.717) is 6.42 Å². The van der Waals surface area contributed by atoms with Crippen LogP contribution >= 0.6 is 7.82 Å². The third-order valence-corrected chi connectivity index (χ3v) is 12.7. The van der Waals surface area contributed by atoms with Crippen molar-refractivity contribution in [2.75, 3.05) is 26.4 Å². The maximum atomic E-state index is 12.7. The van der Waals surface area contributed by atoms with Gasteiger partial charge in [-0.15, -0.1) is 0 Å². The van der Waals surface area contributed by atoms with Gasteiger partial charge >= 0.3 is 19.8 Å². The molecular formula is C59H104NO8P. The average molecular weight is 986 g/mol. The van der Waals surface area contributed by atoms with Gasteiger partial charge in [0.2, 0.25) is 0 Å². The Kier molecular flexibility index (Phi) is 52.3. The van der Waals surface area contributed by atoms with Gasteiger partial charge in [-0.1, -0.05) is 227 Å². The molecule has 0 radical (unpaired) electrons. The van der Waals surface area contributed by atoms with Crippen molar-refractivity contribution >= 4 is 19.8 Å². The Hall–Kier alpha value is -2.81. The highest BCUT2D eigenvalue weighted by molar-refractivity contribution is 7.47. The lowest BCUT2D eigenvalue weighted by Crippen LogP contribution is -2.29. The first-order valence-corrected chi connectivity index (χ1v) is 29.6. The molecule has 3 N–H and O–H groups in total. The number of hydrogen-bond donors (Lipinski definition) is 2. The minimum Gasteiger partial charge on any atom is -0.462 e. The number of unbranched alkanes of at least 4 members (excludes halogenated alkanes) is 25. The van der Waals surface area contributed by atoms with Crippen molar-refractivity contribution in [1.82, 2.24) is 0 Å². The molecule has 0 aromatic carbocycles. The number of ether oxygens (including phenoxy) is 2. The maximum Gasteiger partial charge on any atom is 0.472 e. The number of phosphoric acid groups is 1. The van der Waals surface area contributed by atoms with Crippen LogP contribution < -0.4 is 5.73 Å². The summed E-state index contributed by atoms with van der Waals surface area (Å²) in [4.78, 5) is 35.2. The van der Waals surface area contributed by atoms with E-state index in [-0.39, 0.29) is 38.6 Å². The van der Waals surface area contributed by atoms with Gasteiger partial charge in [0.25, 0.3) is 0 Å². The molecule has 0 bridgehead atoms. The van der Waals surface area contributed by atoms with E-state index in [1.165, 1.54) is 128 Å². The van der Waals surface area contributed by atoms with Gasteiger partial charge < -0.3 is 20.1 Å². The van der Waals surface area contributed by atoms with Crippen LogP contribution in [-0.4, -0.2) is 49.3 Å². The minimum absolute atomic E-state index is 0.0482. The summed E-state index contributed by atoms with van der Waals surface area (Å²) in [5.41, 5.74) is 5.38. The standard InChI is InChI=1S/C59H104NO8P/c1-3-5-7-9-11-13-15-17-19-21-23-25-26-27-28-29-30-32-34-36-38-40-42-44-46-48-50-52-59(62)68-57(56-67-69(63,64)66-54-53-60)55-65-58(61)51-49-47-45-43-41-39-37-35-33-31-24-22-20-18-16-14-12-10-8-6-4-2/h5,7,11,13,17,19,22-25,27-28,30,32,57H,3-4,6,8-10,12,14-16,18,20-21,26,29,31,33-56,60H2,1-2H3,(H,63,64)/b7-5-,13-11-,19-17-,24-22-,25-23-,28-27-,32-30-. The smallest absolute Gasteiger partial charge is 0.462 e. The molecule has 10 heteroatoms. The molecule has 0 saturated heterocycles. The molecular weight excluding hydrogens is 882 g/mol. The molecule has 9 nitrogen and oxygen atoms in total. The van der Waals surface area contributed by atoms with Gasteiger partial charge in [0.05, 0.1) is 13.2 Å². The zero-order chi connectivity index (χ0) is 50.2. The van der Waals surface area contributed by atoms with E-state index in [9.17, 15) is 19.0 Å². The second-order valence-corrected chi connectivity index (χ2v) is 19.9. The van der Waals surface area contributed by atoms with Crippen LogP contribution in [0.2, 0.25) is 0 Å². The lowest BCUT2D eigenvalue weighted by Gasteiger charge is -2.19. The Bertz CT molecular complexity index is 1400. The minimum atomic E-state index is -4.39. The zero-order valence-corrected chi connectivity index (χ0v) is 45.2. The fraction of sp³-hybridized carbons (Fsp3) is 0.729. The molecule has 0 aliphatic rings. The van der Waals surface area contributed by atoms with E-state index in [4.69, 9.17) is 24.3 Å². The molecule has 69 heavy (non-hydrogen) atoms. The van der Waals surface area contributed by atoms with Crippen molar-refractivity contribution in [3.63, 3.8) is 0 Å². The lowest BCUT2D eigenvalue weighted by atomic mass is 10.1. The molecule has 0 aliphatic heterocycles. The number of nitrogens with two attached hydrogens (primary N) is 1. The molecule has 0 aromatic rings. The predicted octanol–water partition coefficient (Wildman–Crippen LogP) is 17.5. The molecule has 0 amide bonds. The second-order valence-electron chi connectivity index (χ2n) is 18.4. The van der Waals surface area contributed by atoms with Crippen LogP contribution in [0.5, 0.6) is 0 Å². The number of allylic oxidation sites excluding steroid dienone is 14. The number of hydrogen-bond acceptors (Lipinski definition) is 8. The number of rotatable bonds is 52. The first kappa shape index (κ1) is 66.2. The summed E-state index contributed by atoms with van der Waals surface area (Å²) < 4.78 is 33.0. The molecule has 0 fully saturated rings. The van der Waals surface area contributed by atoms with Gasteiger partial charge in [0, 0.05) is 19.4 Å². The van der Waals surface area contributed by atoms with Crippen LogP contribution in [0.1, 0.15) is 245 Å². The fourth-order valence-corrected chi connectivity index (χ4v) is 8.40. The van der Waals surface area contributed by atoms with E-state index in [1.54, 1.807) is 0 Å². The average Bonchev–Trinajstić information content (AvgIpc) is 3.34. The van der Waals surface area contributed by atoms with Crippen LogP contribution in [0.4, 0.5) is 0 Å². The van der Waals surface area contributed by atoms with E-state index in [0.717, 1.165) is 83.5 Å². The normalized spacial score (nSPS) is 13.7. The van der Waals surface area contributed by atoms with Crippen LogP contribution in [0, 0.1) is 0 Å². The third kappa shape index (κ3) is 54.4. The number of carbonyl (C=O) groups excluding carboxylic acids is 2. The van der Waals surface area contributed by atoms with Crippen LogP contribution in [0.3, 0.4) is 0 Å². The predicted molar refractivity (Wildman–Crippen MR) is 293 cm³/mol. The molecule has 0 heterocycles. The van der Waals surface area contributed by atoms with Crippen LogP contribution in [-0.2, 0) is 32.7 Å². The number of esters is 2. The summed E-state index contributed by atoms with van der Waals surface area (Å²) in [5.74, 6) is -0.839. The summed E-state index contributed by atoms with van der Waals surface area (Å²) >= 11 is 0.